The molecule has 0 unspecified atom stereocenters. The lowest BCUT2D eigenvalue weighted by Gasteiger charge is -2.58. The van der Waals surface area contributed by atoms with Gasteiger partial charge in [-0.2, -0.15) is 0 Å². The molecule has 0 amide bonds. The maximum atomic E-state index is 12.7. The van der Waals surface area contributed by atoms with Crippen molar-refractivity contribution in [3.63, 3.8) is 0 Å². The summed E-state index contributed by atoms with van der Waals surface area (Å²) in [6, 6.07) is 3.60. The van der Waals surface area contributed by atoms with Crippen LogP contribution >= 0.6 is 0 Å². The molecule has 0 aromatic carbocycles. The Bertz CT molecular complexity index is 1000. The van der Waals surface area contributed by atoms with Crippen molar-refractivity contribution in [2.24, 2.45) is 52.3 Å². The van der Waals surface area contributed by atoms with E-state index in [0.717, 1.165) is 60.7 Å². The second-order valence-electron chi connectivity index (χ2n) is 14.6. The minimum Gasteiger partial charge on any atom is -0.458 e. The van der Waals surface area contributed by atoms with Gasteiger partial charge in [-0.25, -0.2) is 4.79 Å². The van der Waals surface area contributed by atoms with Crippen LogP contribution in [0.1, 0.15) is 123 Å². The van der Waals surface area contributed by atoms with Crippen LogP contribution in [0.2, 0.25) is 0 Å². The van der Waals surface area contributed by atoms with Crippen molar-refractivity contribution in [2.45, 2.75) is 118 Å². The molecule has 210 valence electrons. The first-order chi connectivity index (χ1) is 18.2. The molecule has 5 rings (SSSR count). The number of ether oxygens (including phenoxy) is 1. The molecule has 0 bridgehead atoms. The Hall–Kier alpha value is -1.64. The van der Waals surface area contributed by atoms with E-state index >= 15 is 0 Å². The van der Waals surface area contributed by atoms with Crippen molar-refractivity contribution >= 4 is 5.97 Å². The molecule has 4 aliphatic rings. The first-order valence-electron chi connectivity index (χ1n) is 16.0. The molecule has 4 aliphatic carbocycles. The molecule has 0 aliphatic heterocycles. The number of pyridine rings is 1. The lowest BCUT2D eigenvalue weighted by Crippen LogP contribution is -2.51. The number of nitrogens with zero attached hydrogens (tertiary/aromatic N) is 1. The molecule has 0 spiro atoms. The Labute approximate surface area is 232 Å². The van der Waals surface area contributed by atoms with Gasteiger partial charge in [-0.05, 0) is 122 Å². The summed E-state index contributed by atoms with van der Waals surface area (Å²) in [6.07, 6.45) is 20.1. The lowest BCUT2D eigenvalue weighted by molar-refractivity contribution is -0.0602. The first-order valence-corrected chi connectivity index (χ1v) is 16.0. The molecule has 1 aromatic heterocycles. The monoisotopic (exact) mass is 519 g/mol. The first kappa shape index (κ1) is 27.9. The number of carbonyl (C=O) groups is 1. The molecule has 0 radical (unpaired) electrons. The number of esters is 1. The van der Waals surface area contributed by atoms with Gasteiger partial charge in [-0.1, -0.05) is 59.6 Å². The van der Waals surface area contributed by atoms with Crippen molar-refractivity contribution in [3.8, 4) is 0 Å². The van der Waals surface area contributed by atoms with Gasteiger partial charge in [0.1, 0.15) is 6.10 Å². The summed E-state index contributed by atoms with van der Waals surface area (Å²) in [4.78, 5) is 16.8. The molecule has 9 atom stereocenters. The van der Waals surface area contributed by atoms with Gasteiger partial charge in [0.05, 0.1) is 5.56 Å². The highest BCUT2D eigenvalue weighted by Gasteiger charge is 2.59. The van der Waals surface area contributed by atoms with Gasteiger partial charge in [-0.15, -0.1) is 0 Å². The number of allylic oxidation sites excluding steroid dienone is 1. The second kappa shape index (κ2) is 11.1. The highest BCUT2D eigenvalue weighted by atomic mass is 16.5. The second-order valence-corrected chi connectivity index (χ2v) is 14.6. The summed E-state index contributed by atoms with van der Waals surface area (Å²) in [5.41, 5.74) is 2.95. The summed E-state index contributed by atoms with van der Waals surface area (Å²) < 4.78 is 5.98. The van der Waals surface area contributed by atoms with Crippen molar-refractivity contribution in [1.82, 2.24) is 4.98 Å². The summed E-state index contributed by atoms with van der Waals surface area (Å²) in [5.74, 6) is 5.75. The van der Waals surface area contributed by atoms with Crippen LogP contribution in [0.15, 0.2) is 36.2 Å². The van der Waals surface area contributed by atoms with Crippen LogP contribution in [0.5, 0.6) is 0 Å². The number of hydrogen-bond acceptors (Lipinski definition) is 3. The van der Waals surface area contributed by atoms with E-state index in [1.807, 2.05) is 0 Å². The van der Waals surface area contributed by atoms with E-state index in [2.05, 4.69) is 52.6 Å². The van der Waals surface area contributed by atoms with Crippen LogP contribution in [-0.2, 0) is 4.74 Å². The van der Waals surface area contributed by atoms with Gasteiger partial charge in [-0.3, -0.25) is 4.98 Å². The zero-order valence-corrected chi connectivity index (χ0v) is 25.0. The Morgan fingerprint density at radius 2 is 1.89 bits per heavy atom. The Morgan fingerprint density at radius 1 is 1.08 bits per heavy atom. The highest BCUT2D eigenvalue weighted by Crippen LogP contribution is 2.67. The zero-order chi connectivity index (χ0) is 27.1. The quantitative estimate of drug-likeness (QED) is 0.254. The van der Waals surface area contributed by atoms with E-state index in [-0.39, 0.29) is 17.5 Å². The number of rotatable bonds is 8. The molecule has 3 nitrogen and oxygen atoms in total. The largest absolute Gasteiger partial charge is 0.458 e. The summed E-state index contributed by atoms with van der Waals surface area (Å²) in [7, 11) is 0. The van der Waals surface area contributed by atoms with E-state index in [4.69, 9.17) is 4.74 Å². The topological polar surface area (TPSA) is 39.2 Å². The molecule has 38 heavy (non-hydrogen) atoms. The number of carbonyl (C=O) groups excluding carboxylic acids is 1. The third-order valence-electron chi connectivity index (χ3n) is 12.1. The van der Waals surface area contributed by atoms with Gasteiger partial charge in [0.15, 0.2) is 0 Å². The maximum Gasteiger partial charge on any atom is 0.339 e. The summed E-state index contributed by atoms with van der Waals surface area (Å²) >= 11 is 0. The molecule has 0 N–H and O–H groups in total. The van der Waals surface area contributed by atoms with Crippen LogP contribution in [0.4, 0.5) is 0 Å². The minimum absolute atomic E-state index is 0.00139. The molecule has 1 heterocycles. The van der Waals surface area contributed by atoms with Crippen molar-refractivity contribution in [2.75, 3.05) is 0 Å². The molecule has 3 heteroatoms. The van der Waals surface area contributed by atoms with Gasteiger partial charge < -0.3 is 4.74 Å². The number of hydrogen-bond donors (Lipinski definition) is 0. The van der Waals surface area contributed by atoms with Gasteiger partial charge in [0.2, 0.25) is 0 Å². The average Bonchev–Trinajstić information content (AvgIpc) is 3.26. The Balaban J connectivity index is 1.26. The zero-order valence-electron chi connectivity index (χ0n) is 25.0. The van der Waals surface area contributed by atoms with Crippen molar-refractivity contribution < 1.29 is 9.53 Å². The maximum absolute atomic E-state index is 12.7. The predicted molar refractivity (Wildman–Crippen MR) is 156 cm³/mol. The van der Waals surface area contributed by atoms with E-state index in [9.17, 15) is 4.79 Å². The van der Waals surface area contributed by atoms with Crippen molar-refractivity contribution in [1.29, 1.82) is 0 Å². The smallest absolute Gasteiger partial charge is 0.339 e. The van der Waals surface area contributed by atoms with Crippen molar-refractivity contribution in [3.05, 3.63) is 41.7 Å². The van der Waals surface area contributed by atoms with Gasteiger partial charge >= 0.3 is 5.97 Å². The minimum atomic E-state index is -0.223. The fourth-order valence-electron chi connectivity index (χ4n) is 10.2. The van der Waals surface area contributed by atoms with Crippen LogP contribution in [0, 0.1) is 52.3 Å². The third kappa shape index (κ3) is 5.13. The standard InChI is InChI=1S/C35H53NO2/c1-7-25(19-23(2)3)20-24(4)30-12-13-31-29-11-10-27-21-28(38-33(37)26-9-8-18-36-22-26)14-16-34(27,5)32(29)15-17-35(30,31)6/h8-10,18,22-25,28-32H,7,11-17,19-21H2,1-6H3/t24-,25-,28+,29+,30-,31-,32+,34+,35-/m1/s1. The SMILES string of the molecule is CC[C@H](CC(C)C)C[C@@H](C)[C@H]1CC[C@@H]2[C@@H]3CC=C4C[C@@H](OC(=O)c5cccnc5)CC[C@]4(C)[C@H]3CC[C@@]21C. The van der Waals surface area contributed by atoms with Gasteiger partial charge in [0, 0.05) is 18.8 Å². The summed E-state index contributed by atoms with van der Waals surface area (Å²) in [6.45, 7) is 15.1. The molecule has 3 saturated carbocycles. The van der Waals surface area contributed by atoms with E-state index < -0.39 is 0 Å². The van der Waals surface area contributed by atoms with Crippen LogP contribution in [0.3, 0.4) is 0 Å². The Morgan fingerprint density at radius 3 is 2.61 bits per heavy atom. The number of aromatic nitrogens is 1. The Kier molecular flexibility index (Phi) is 8.14. The van der Waals surface area contributed by atoms with Gasteiger partial charge in [0.25, 0.3) is 0 Å². The molecule has 1 aromatic rings. The molecular weight excluding hydrogens is 466 g/mol. The fraction of sp³-hybridized carbons (Fsp3) is 0.771. The van der Waals surface area contributed by atoms with Crippen LogP contribution in [0.25, 0.3) is 0 Å². The average molecular weight is 520 g/mol. The third-order valence-corrected chi connectivity index (χ3v) is 12.1. The fourth-order valence-corrected chi connectivity index (χ4v) is 10.2. The molecule has 3 fully saturated rings. The predicted octanol–water partition coefficient (Wildman–Crippen LogP) is 9.28. The highest BCUT2D eigenvalue weighted by molar-refractivity contribution is 5.89. The van der Waals surface area contributed by atoms with E-state index in [1.165, 1.54) is 51.4 Å². The summed E-state index contributed by atoms with van der Waals surface area (Å²) in [5, 5.41) is 0. The lowest BCUT2D eigenvalue weighted by atomic mass is 9.47. The molecular formula is C35H53NO2. The van der Waals surface area contributed by atoms with Crippen LogP contribution in [-0.4, -0.2) is 17.1 Å². The molecule has 0 saturated heterocycles. The van der Waals surface area contributed by atoms with E-state index in [1.54, 1.807) is 30.1 Å². The van der Waals surface area contributed by atoms with Crippen LogP contribution < -0.4 is 0 Å². The number of fused-ring (bicyclic) bond motifs is 5. The normalized spacial score (nSPS) is 38.0. The van der Waals surface area contributed by atoms with E-state index in [0.29, 0.717) is 11.0 Å².